The van der Waals surface area contributed by atoms with Crippen LogP contribution in [0.25, 0.3) is 11.1 Å². The number of halogens is 1. The van der Waals surface area contributed by atoms with Gasteiger partial charge >= 0.3 is 0 Å². The maximum atomic E-state index is 15.7. The summed E-state index contributed by atoms with van der Waals surface area (Å²) >= 11 is 0. The van der Waals surface area contributed by atoms with E-state index in [1.165, 1.54) is 28.3 Å². The Kier molecular flexibility index (Phi) is 5.62. The quantitative estimate of drug-likeness (QED) is 0.655. The van der Waals surface area contributed by atoms with Crippen LogP contribution in [0.2, 0.25) is 0 Å². The summed E-state index contributed by atoms with van der Waals surface area (Å²) < 4.78 is 15.7. The largest absolute Gasteiger partial charge is 0.393 e. The van der Waals surface area contributed by atoms with Crippen molar-refractivity contribution in [3.05, 3.63) is 72.3 Å². The average molecular weight is 352 g/mol. The fourth-order valence-corrected chi connectivity index (χ4v) is 4.61. The summed E-state index contributed by atoms with van der Waals surface area (Å²) in [6.07, 6.45) is 3.15. The maximum Gasteiger partial charge on any atom is 0.134 e. The van der Waals surface area contributed by atoms with Gasteiger partial charge in [0.05, 0.1) is 6.10 Å². The first-order valence-electron chi connectivity index (χ1n) is 9.70. The summed E-state index contributed by atoms with van der Waals surface area (Å²) in [7, 11) is 0. The number of fused-ring (bicyclic) bond motifs is 3. The highest BCUT2D eigenvalue weighted by Gasteiger charge is 2.44. The fraction of sp³-hybridized carbons (Fsp3) is 0.417. The molecule has 0 heterocycles. The van der Waals surface area contributed by atoms with E-state index in [1.54, 1.807) is 0 Å². The first kappa shape index (κ1) is 18.8. The molecule has 0 radical (unpaired) electrons. The van der Waals surface area contributed by atoms with Gasteiger partial charge < -0.3 is 5.11 Å². The van der Waals surface area contributed by atoms with Crippen LogP contribution in [0.5, 0.6) is 0 Å². The van der Waals surface area contributed by atoms with E-state index >= 15 is 4.39 Å². The molecule has 2 heteroatoms. The zero-order valence-electron chi connectivity index (χ0n) is 15.8. The lowest BCUT2D eigenvalue weighted by molar-refractivity contribution is -0.0217. The second-order valence-electron chi connectivity index (χ2n) is 7.47. The Hall–Kier alpha value is -1.93. The van der Waals surface area contributed by atoms with E-state index in [0.717, 1.165) is 12.8 Å². The normalized spacial score (nSPS) is 18.8. The number of alkyl halides is 1. The number of allylic oxidation sites excluding steroid dienone is 1. The van der Waals surface area contributed by atoms with Crippen LogP contribution in [0.3, 0.4) is 0 Å². The number of hydrogen-bond donors (Lipinski definition) is 1. The topological polar surface area (TPSA) is 20.2 Å². The molecule has 2 aromatic carbocycles. The number of aliphatic hydroxyl groups is 1. The van der Waals surface area contributed by atoms with Crippen LogP contribution < -0.4 is 0 Å². The number of rotatable bonds is 6. The summed E-state index contributed by atoms with van der Waals surface area (Å²) in [5.74, 6) is -0.438. The number of benzene rings is 2. The van der Waals surface area contributed by atoms with E-state index in [9.17, 15) is 5.11 Å². The van der Waals surface area contributed by atoms with Crippen molar-refractivity contribution in [1.82, 2.24) is 0 Å². The molecule has 0 fully saturated rings. The van der Waals surface area contributed by atoms with Crippen LogP contribution in [-0.4, -0.2) is 16.9 Å². The van der Waals surface area contributed by atoms with Crippen molar-refractivity contribution in [2.75, 3.05) is 0 Å². The molecule has 26 heavy (non-hydrogen) atoms. The molecule has 0 aromatic heterocycles. The fourth-order valence-electron chi connectivity index (χ4n) is 4.61. The highest BCUT2D eigenvalue weighted by molar-refractivity contribution is 5.71. The van der Waals surface area contributed by atoms with Crippen LogP contribution in [0, 0.1) is 11.8 Å². The Bertz CT molecular complexity index is 721. The third kappa shape index (κ3) is 3.35. The second kappa shape index (κ2) is 7.75. The van der Waals surface area contributed by atoms with Crippen molar-refractivity contribution < 1.29 is 9.50 Å². The van der Waals surface area contributed by atoms with Gasteiger partial charge in [0, 0.05) is 5.92 Å². The summed E-state index contributed by atoms with van der Waals surface area (Å²) in [6.45, 7) is 7.53. The highest BCUT2D eigenvalue weighted by Crippen LogP contribution is 2.43. The first-order valence-corrected chi connectivity index (χ1v) is 9.70. The predicted molar refractivity (Wildman–Crippen MR) is 107 cm³/mol. The lowest BCUT2D eigenvalue weighted by Gasteiger charge is -2.39. The Morgan fingerprint density at radius 3 is 2.00 bits per heavy atom. The van der Waals surface area contributed by atoms with E-state index < -0.39 is 17.7 Å². The minimum atomic E-state index is -1.56. The van der Waals surface area contributed by atoms with Crippen molar-refractivity contribution in [2.45, 2.75) is 51.3 Å². The third-order valence-electron chi connectivity index (χ3n) is 6.07. The lowest BCUT2D eigenvalue weighted by atomic mass is 9.70. The average Bonchev–Trinajstić information content (AvgIpc) is 2.84. The molecule has 0 saturated carbocycles. The first-order chi connectivity index (χ1) is 12.5. The zero-order chi connectivity index (χ0) is 18.7. The molecule has 0 amide bonds. The molecular formula is C24H29FO. The Morgan fingerprint density at radius 2 is 1.58 bits per heavy atom. The summed E-state index contributed by atoms with van der Waals surface area (Å²) in [5, 5.41) is 10.8. The van der Waals surface area contributed by atoms with Crippen LogP contribution in [-0.2, 0) is 12.8 Å². The van der Waals surface area contributed by atoms with Crippen LogP contribution in [0.1, 0.15) is 37.8 Å². The Labute approximate surface area is 156 Å². The maximum absolute atomic E-state index is 15.7. The smallest absolute Gasteiger partial charge is 0.134 e. The molecule has 0 spiro atoms. The highest BCUT2D eigenvalue weighted by atomic mass is 19.1. The van der Waals surface area contributed by atoms with Gasteiger partial charge in [-0.2, -0.15) is 0 Å². The number of hydrogen-bond acceptors (Lipinski definition) is 1. The van der Waals surface area contributed by atoms with Gasteiger partial charge in [-0.3, -0.25) is 0 Å². The molecule has 2 aromatic rings. The van der Waals surface area contributed by atoms with E-state index in [-0.39, 0.29) is 5.92 Å². The van der Waals surface area contributed by atoms with E-state index in [4.69, 9.17) is 0 Å². The lowest BCUT2D eigenvalue weighted by Crippen LogP contribution is -2.44. The van der Waals surface area contributed by atoms with Gasteiger partial charge in [-0.25, -0.2) is 4.39 Å². The van der Waals surface area contributed by atoms with Gasteiger partial charge in [0.2, 0.25) is 0 Å². The van der Waals surface area contributed by atoms with E-state index in [1.807, 2.05) is 26.0 Å². The van der Waals surface area contributed by atoms with Crippen molar-refractivity contribution in [3.8, 4) is 11.1 Å². The summed E-state index contributed by atoms with van der Waals surface area (Å²) in [4.78, 5) is 0. The minimum absolute atomic E-state index is 0.0256. The molecule has 3 rings (SSSR count). The van der Waals surface area contributed by atoms with E-state index in [2.05, 4.69) is 43.0 Å². The monoisotopic (exact) mass is 352 g/mol. The molecule has 138 valence electrons. The van der Waals surface area contributed by atoms with Gasteiger partial charge in [0.15, 0.2) is 0 Å². The Morgan fingerprint density at radius 1 is 1.08 bits per heavy atom. The van der Waals surface area contributed by atoms with Gasteiger partial charge in [0.1, 0.15) is 5.67 Å². The van der Waals surface area contributed by atoms with Crippen molar-refractivity contribution in [2.24, 2.45) is 11.8 Å². The SMILES string of the molecule is C=CC(F)(CC)[C@H](C1Cc2ccccc2-c2ccccc2C1)[C@@H](O)CC. The summed E-state index contributed by atoms with van der Waals surface area (Å²) in [5.41, 5.74) is 3.37. The van der Waals surface area contributed by atoms with E-state index in [0.29, 0.717) is 12.8 Å². The molecule has 0 saturated heterocycles. The standard InChI is InChI=1S/C24H29FO/c1-4-22(26)23(24(25,5-2)6-3)19-15-17-11-7-9-13-20(17)21-14-10-8-12-18(21)16-19/h5,7-14,19,22-23,26H,2,4,6,15-16H2,1,3H3/t22-,23+,24?/m0/s1. The minimum Gasteiger partial charge on any atom is -0.393 e. The van der Waals surface area contributed by atoms with Crippen LogP contribution in [0.15, 0.2) is 61.2 Å². The van der Waals surface area contributed by atoms with Crippen molar-refractivity contribution >= 4 is 0 Å². The van der Waals surface area contributed by atoms with Gasteiger partial charge in [-0.15, -0.1) is 0 Å². The molecule has 3 atom stereocenters. The van der Waals surface area contributed by atoms with Crippen LogP contribution in [0.4, 0.5) is 4.39 Å². The molecule has 1 unspecified atom stereocenters. The predicted octanol–water partition coefficient (Wildman–Crippen LogP) is 5.76. The van der Waals surface area contributed by atoms with Gasteiger partial charge in [0.25, 0.3) is 0 Å². The Balaban J connectivity index is 2.12. The molecular weight excluding hydrogens is 323 g/mol. The molecule has 1 N–H and O–H groups in total. The van der Waals surface area contributed by atoms with Gasteiger partial charge in [-0.05, 0) is 53.9 Å². The zero-order valence-corrected chi connectivity index (χ0v) is 15.8. The van der Waals surface area contributed by atoms with Crippen molar-refractivity contribution in [1.29, 1.82) is 0 Å². The molecule has 0 aliphatic heterocycles. The molecule has 1 nitrogen and oxygen atoms in total. The molecule has 1 aliphatic carbocycles. The summed E-state index contributed by atoms with van der Waals surface area (Å²) in [6, 6.07) is 16.8. The van der Waals surface area contributed by atoms with Crippen molar-refractivity contribution in [3.63, 3.8) is 0 Å². The second-order valence-corrected chi connectivity index (χ2v) is 7.47. The van der Waals surface area contributed by atoms with Crippen LogP contribution >= 0.6 is 0 Å². The third-order valence-corrected chi connectivity index (χ3v) is 6.07. The molecule has 0 bridgehead atoms. The molecule has 1 aliphatic rings. The van der Waals surface area contributed by atoms with Gasteiger partial charge in [-0.1, -0.05) is 75.0 Å². The number of aliphatic hydroxyl groups excluding tert-OH is 1.